The predicted molar refractivity (Wildman–Crippen MR) is 79.9 cm³/mol. The van der Waals surface area contributed by atoms with Crippen LogP contribution in [0, 0.1) is 5.82 Å². The molecule has 3 rings (SSSR count). The second kappa shape index (κ2) is 6.50. The quantitative estimate of drug-likeness (QED) is 0.735. The lowest BCUT2D eigenvalue weighted by Crippen LogP contribution is -2.25. The maximum Gasteiger partial charge on any atom is 0.417 e. The third-order valence-corrected chi connectivity index (χ3v) is 3.50. The summed E-state index contributed by atoms with van der Waals surface area (Å²) in [4.78, 5) is 11.9. The molecule has 9 heteroatoms. The monoisotopic (exact) mass is 352 g/mol. The van der Waals surface area contributed by atoms with Crippen molar-refractivity contribution in [2.45, 2.75) is 19.1 Å². The lowest BCUT2D eigenvalue weighted by molar-refractivity contribution is -0.137. The number of nitrogens with one attached hydrogen (secondary N) is 1. The fraction of sp³-hybridized carbons (Fsp3) is 0.188. The fourth-order valence-electron chi connectivity index (χ4n) is 2.30. The number of halogens is 4. The lowest BCUT2D eigenvalue weighted by atomic mass is 10.1. The highest BCUT2D eigenvalue weighted by molar-refractivity contribution is 5.78. The first-order valence-electron chi connectivity index (χ1n) is 7.25. The van der Waals surface area contributed by atoms with E-state index in [9.17, 15) is 22.4 Å². The van der Waals surface area contributed by atoms with Gasteiger partial charge in [0.15, 0.2) is 11.5 Å². The maximum atomic E-state index is 13.1. The predicted octanol–water partition coefficient (Wildman–Crippen LogP) is 2.75. The molecule has 0 unspecified atom stereocenters. The summed E-state index contributed by atoms with van der Waals surface area (Å²) in [6.45, 7) is -0.101. The highest BCUT2D eigenvalue weighted by Gasteiger charge is 2.31. The Morgan fingerprint density at radius 3 is 2.68 bits per heavy atom. The van der Waals surface area contributed by atoms with Crippen LogP contribution in [0.1, 0.15) is 17.0 Å². The molecule has 1 amide bonds. The fourth-order valence-corrected chi connectivity index (χ4v) is 2.30. The number of hydrogen-bond acceptors (Lipinski definition) is 3. The Morgan fingerprint density at radius 1 is 1.16 bits per heavy atom. The van der Waals surface area contributed by atoms with E-state index in [1.807, 2.05) is 0 Å². The summed E-state index contributed by atoms with van der Waals surface area (Å²) in [6, 6.07) is 7.71. The molecule has 0 aliphatic heterocycles. The molecule has 0 fully saturated rings. The van der Waals surface area contributed by atoms with E-state index in [1.165, 1.54) is 28.7 Å². The van der Waals surface area contributed by atoms with Crippen molar-refractivity contribution >= 4 is 11.6 Å². The van der Waals surface area contributed by atoms with Crippen LogP contribution in [0.3, 0.4) is 0 Å². The molecule has 0 saturated heterocycles. The highest BCUT2D eigenvalue weighted by Crippen LogP contribution is 2.29. The summed E-state index contributed by atoms with van der Waals surface area (Å²) in [7, 11) is 0. The standard InChI is InChI=1S/C16H12F4N4O/c17-12-3-1-2-10(6-12)7-15(25)21-8-14-23-22-13-5-4-11(9-24(13)14)16(18,19)20/h1-6,9H,7-8H2,(H,21,25). The molecule has 0 aliphatic rings. The number of carbonyl (C=O) groups excluding carboxylic acids is 1. The molecule has 130 valence electrons. The SMILES string of the molecule is O=C(Cc1cccc(F)c1)NCc1nnc2ccc(C(F)(F)F)cn12. The molecule has 1 N–H and O–H groups in total. The minimum absolute atomic E-state index is 0.0533. The highest BCUT2D eigenvalue weighted by atomic mass is 19.4. The van der Waals surface area contributed by atoms with Crippen molar-refractivity contribution in [3.8, 4) is 0 Å². The third kappa shape index (κ3) is 3.93. The zero-order chi connectivity index (χ0) is 18.0. The van der Waals surface area contributed by atoms with E-state index in [1.54, 1.807) is 6.07 Å². The molecule has 25 heavy (non-hydrogen) atoms. The molecule has 1 aromatic carbocycles. The van der Waals surface area contributed by atoms with E-state index in [0.717, 1.165) is 12.3 Å². The Morgan fingerprint density at radius 2 is 1.96 bits per heavy atom. The molecule has 2 aromatic heterocycles. The molecule has 2 heterocycles. The number of rotatable bonds is 4. The number of pyridine rings is 1. The van der Waals surface area contributed by atoms with Gasteiger partial charge in [-0.2, -0.15) is 13.2 Å². The number of fused-ring (bicyclic) bond motifs is 1. The largest absolute Gasteiger partial charge is 0.417 e. The Kier molecular flexibility index (Phi) is 4.39. The molecule has 0 spiro atoms. The average molecular weight is 352 g/mol. The van der Waals surface area contributed by atoms with Crippen LogP contribution in [-0.4, -0.2) is 20.5 Å². The molecule has 3 aromatic rings. The summed E-state index contributed by atoms with van der Waals surface area (Å²) in [5, 5.41) is 10.1. The summed E-state index contributed by atoms with van der Waals surface area (Å²) in [5.41, 5.74) is -0.113. The van der Waals surface area contributed by atoms with Crippen LogP contribution in [-0.2, 0) is 23.9 Å². The van der Waals surface area contributed by atoms with Gasteiger partial charge in [-0.15, -0.1) is 10.2 Å². The summed E-state index contributed by atoms with van der Waals surface area (Å²) in [6.07, 6.45) is -3.66. The number of amides is 1. The second-order valence-corrected chi connectivity index (χ2v) is 5.34. The van der Waals surface area contributed by atoms with Crippen LogP contribution < -0.4 is 5.32 Å². The Hall–Kier alpha value is -2.97. The zero-order valence-corrected chi connectivity index (χ0v) is 12.7. The normalized spacial score (nSPS) is 11.7. The average Bonchev–Trinajstić information content (AvgIpc) is 2.94. The number of hydrogen-bond donors (Lipinski definition) is 1. The Labute approximate surface area is 139 Å². The zero-order valence-electron chi connectivity index (χ0n) is 12.7. The van der Waals surface area contributed by atoms with Crippen LogP contribution in [0.5, 0.6) is 0 Å². The summed E-state index contributed by atoms with van der Waals surface area (Å²) >= 11 is 0. The van der Waals surface area contributed by atoms with Crippen LogP contribution in [0.2, 0.25) is 0 Å². The van der Waals surface area contributed by atoms with Gasteiger partial charge in [0.1, 0.15) is 5.82 Å². The number of carbonyl (C=O) groups is 1. The van der Waals surface area contributed by atoms with Crippen molar-refractivity contribution < 1.29 is 22.4 Å². The van der Waals surface area contributed by atoms with Crippen LogP contribution in [0.15, 0.2) is 42.6 Å². The van der Waals surface area contributed by atoms with Crippen molar-refractivity contribution in [1.29, 1.82) is 0 Å². The van der Waals surface area contributed by atoms with E-state index in [2.05, 4.69) is 15.5 Å². The van der Waals surface area contributed by atoms with Crippen LogP contribution in [0.25, 0.3) is 5.65 Å². The van der Waals surface area contributed by atoms with E-state index < -0.39 is 23.5 Å². The van der Waals surface area contributed by atoms with E-state index in [-0.39, 0.29) is 24.4 Å². The van der Waals surface area contributed by atoms with Gasteiger partial charge in [-0.3, -0.25) is 9.20 Å². The van der Waals surface area contributed by atoms with Crippen molar-refractivity contribution in [2.75, 3.05) is 0 Å². The van der Waals surface area contributed by atoms with E-state index in [4.69, 9.17) is 0 Å². The topological polar surface area (TPSA) is 59.3 Å². The lowest BCUT2D eigenvalue weighted by Gasteiger charge is -2.08. The molecular weight excluding hydrogens is 340 g/mol. The molecule has 5 nitrogen and oxygen atoms in total. The van der Waals surface area contributed by atoms with Crippen molar-refractivity contribution in [2.24, 2.45) is 0 Å². The van der Waals surface area contributed by atoms with Gasteiger partial charge in [0.25, 0.3) is 0 Å². The number of benzene rings is 1. The summed E-state index contributed by atoms with van der Waals surface area (Å²) < 4.78 is 52.6. The Balaban J connectivity index is 1.71. The van der Waals surface area contributed by atoms with Crippen LogP contribution in [0.4, 0.5) is 17.6 Å². The van der Waals surface area contributed by atoms with Gasteiger partial charge in [-0.25, -0.2) is 4.39 Å². The van der Waals surface area contributed by atoms with Gasteiger partial charge in [0, 0.05) is 6.20 Å². The van der Waals surface area contributed by atoms with Crippen LogP contribution >= 0.6 is 0 Å². The smallest absolute Gasteiger partial charge is 0.348 e. The van der Waals surface area contributed by atoms with Gasteiger partial charge in [0.2, 0.25) is 5.91 Å². The second-order valence-electron chi connectivity index (χ2n) is 5.34. The van der Waals surface area contributed by atoms with E-state index in [0.29, 0.717) is 5.56 Å². The minimum atomic E-state index is -4.49. The molecule has 0 aliphatic carbocycles. The first-order chi connectivity index (χ1) is 11.8. The first kappa shape index (κ1) is 16.9. The van der Waals surface area contributed by atoms with E-state index >= 15 is 0 Å². The van der Waals surface area contributed by atoms with Crippen molar-refractivity contribution in [3.05, 3.63) is 65.4 Å². The first-order valence-corrected chi connectivity index (χ1v) is 7.25. The van der Waals surface area contributed by atoms with Gasteiger partial charge in [-0.05, 0) is 29.8 Å². The molecule has 0 bridgehead atoms. The van der Waals surface area contributed by atoms with Crippen molar-refractivity contribution in [1.82, 2.24) is 19.9 Å². The number of alkyl halides is 3. The molecular formula is C16H12F4N4O. The van der Waals surface area contributed by atoms with Gasteiger partial charge in [0.05, 0.1) is 18.5 Å². The third-order valence-electron chi connectivity index (χ3n) is 3.50. The summed E-state index contributed by atoms with van der Waals surface area (Å²) in [5.74, 6) is -0.698. The molecule has 0 saturated carbocycles. The maximum absolute atomic E-state index is 13.1. The Bertz CT molecular complexity index is 920. The van der Waals surface area contributed by atoms with Crippen molar-refractivity contribution in [3.63, 3.8) is 0 Å². The molecule has 0 atom stereocenters. The van der Waals surface area contributed by atoms with Gasteiger partial charge < -0.3 is 5.32 Å². The minimum Gasteiger partial charge on any atom is -0.348 e. The van der Waals surface area contributed by atoms with Gasteiger partial charge >= 0.3 is 6.18 Å². The van der Waals surface area contributed by atoms with Gasteiger partial charge in [-0.1, -0.05) is 12.1 Å². The number of aromatic nitrogens is 3. The molecule has 0 radical (unpaired) electrons. The number of nitrogens with zero attached hydrogens (tertiary/aromatic N) is 3.